The van der Waals surface area contributed by atoms with Crippen molar-refractivity contribution in [2.75, 3.05) is 0 Å². The van der Waals surface area contributed by atoms with Crippen LogP contribution in [0.15, 0.2) is 30.1 Å². The number of hydrazine groups is 2. The van der Waals surface area contributed by atoms with Crippen molar-refractivity contribution in [2.45, 2.75) is 32.1 Å². The summed E-state index contributed by atoms with van der Waals surface area (Å²) in [4.78, 5) is 16.8. The number of aliphatic carboxylic acids is 1. The summed E-state index contributed by atoms with van der Waals surface area (Å²) < 4.78 is 0. The number of hydroxylamine groups is 1. The van der Waals surface area contributed by atoms with Crippen molar-refractivity contribution >= 4 is 5.97 Å². The van der Waals surface area contributed by atoms with Gasteiger partial charge in [-0.3, -0.25) is 0 Å². The zero-order chi connectivity index (χ0) is 15.5. The monoisotopic (exact) mass is 299 g/mol. The molecule has 2 aliphatic rings. The quantitative estimate of drug-likeness (QED) is 0.737. The van der Waals surface area contributed by atoms with E-state index in [0.29, 0.717) is 11.7 Å². The van der Waals surface area contributed by atoms with Crippen molar-refractivity contribution in [3.8, 4) is 17.6 Å². The maximum absolute atomic E-state index is 11.1. The number of nitrogens with one attached hydrogen (secondary N) is 2. The Hall–Kier alpha value is -2.65. The second-order valence-corrected chi connectivity index (χ2v) is 5.20. The van der Waals surface area contributed by atoms with Crippen molar-refractivity contribution in [1.29, 1.82) is 0 Å². The molecule has 6 heteroatoms. The Morgan fingerprint density at radius 1 is 1.45 bits per heavy atom. The molecule has 1 heterocycles. The third kappa shape index (κ3) is 2.59. The lowest BCUT2D eigenvalue weighted by Crippen LogP contribution is -2.41. The molecule has 0 saturated heterocycles. The summed E-state index contributed by atoms with van der Waals surface area (Å²) in [6.45, 7) is 1.78. The summed E-state index contributed by atoms with van der Waals surface area (Å²) in [7, 11) is 0. The number of benzene rings is 1. The molecule has 1 aromatic carbocycles. The van der Waals surface area contributed by atoms with Crippen molar-refractivity contribution in [3.63, 3.8) is 0 Å². The number of carbonyl (C=O) groups is 1. The Kier molecular flexibility index (Phi) is 3.90. The van der Waals surface area contributed by atoms with Gasteiger partial charge in [0.25, 0.3) is 0 Å². The Morgan fingerprint density at radius 3 is 2.91 bits per heavy atom. The average molecular weight is 299 g/mol. The lowest BCUT2D eigenvalue weighted by Gasteiger charge is -2.28. The number of carboxylic acids is 1. The molecular weight excluding hydrogens is 282 g/mol. The van der Waals surface area contributed by atoms with Crippen molar-refractivity contribution in [1.82, 2.24) is 16.1 Å². The summed E-state index contributed by atoms with van der Waals surface area (Å²) in [5.74, 6) is 5.98. The Balaban J connectivity index is 1.91. The predicted octanol–water partition coefficient (Wildman–Crippen LogP) is 1.87. The zero-order valence-corrected chi connectivity index (χ0v) is 12.2. The Bertz CT molecular complexity index is 684. The lowest BCUT2D eigenvalue weighted by atomic mass is 9.78. The zero-order valence-electron chi connectivity index (χ0n) is 12.2. The third-order valence-electron chi connectivity index (χ3n) is 3.86. The number of hydrogen-bond acceptors (Lipinski definition) is 5. The van der Waals surface area contributed by atoms with E-state index in [9.17, 15) is 4.79 Å². The fraction of sp³-hybridized carbons (Fsp3) is 0.312. The minimum absolute atomic E-state index is 0.0237. The van der Waals surface area contributed by atoms with Crippen LogP contribution in [0.5, 0.6) is 5.75 Å². The van der Waals surface area contributed by atoms with Gasteiger partial charge >= 0.3 is 5.97 Å². The molecule has 1 fully saturated rings. The molecule has 0 amide bonds. The molecule has 1 aliphatic carbocycles. The predicted molar refractivity (Wildman–Crippen MR) is 80.0 cm³/mol. The first-order valence-corrected chi connectivity index (χ1v) is 7.19. The van der Waals surface area contributed by atoms with Gasteiger partial charge in [-0.15, -0.1) is 16.6 Å². The van der Waals surface area contributed by atoms with Crippen LogP contribution in [-0.4, -0.2) is 16.2 Å². The van der Waals surface area contributed by atoms with Crippen LogP contribution in [-0.2, 0) is 4.79 Å². The molecule has 0 spiro atoms. The van der Waals surface area contributed by atoms with Crippen LogP contribution in [0.1, 0.15) is 43.2 Å². The molecule has 1 saturated carbocycles. The molecule has 22 heavy (non-hydrogen) atoms. The van der Waals surface area contributed by atoms with E-state index in [1.165, 1.54) is 18.2 Å². The van der Waals surface area contributed by atoms with Crippen molar-refractivity contribution in [3.05, 3.63) is 41.2 Å². The highest BCUT2D eigenvalue weighted by atomic mass is 16.7. The Morgan fingerprint density at radius 2 is 2.27 bits per heavy atom. The maximum Gasteiger partial charge on any atom is 0.358 e. The minimum Gasteiger partial charge on any atom is -0.476 e. The molecule has 0 radical (unpaired) electrons. The highest BCUT2D eigenvalue weighted by Gasteiger charge is 2.27. The first-order chi connectivity index (χ1) is 10.7. The van der Waals surface area contributed by atoms with Crippen LogP contribution in [0.4, 0.5) is 0 Å². The van der Waals surface area contributed by atoms with Gasteiger partial charge in [0, 0.05) is 0 Å². The van der Waals surface area contributed by atoms with E-state index in [1.807, 2.05) is 6.07 Å². The van der Waals surface area contributed by atoms with E-state index >= 15 is 0 Å². The van der Waals surface area contributed by atoms with E-state index in [2.05, 4.69) is 28.9 Å². The molecule has 0 atom stereocenters. The fourth-order valence-electron chi connectivity index (χ4n) is 2.54. The van der Waals surface area contributed by atoms with E-state index in [1.54, 1.807) is 13.0 Å². The number of hydrogen-bond donors (Lipinski definition) is 3. The number of nitrogens with zero attached hydrogens (tertiary/aromatic N) is 1. The molecule has 1 aliphatic heterocycles. The van der Waals surface area contributed by atoms with Gasteiger partial charge in [-0.2, -0.15) is 0 Å². The molecular formula is C16H17N3O3. The second kappa shape index (κ2) is 6.00. The average Bonchev–Trinajstić information content (AvgIpc) is 2.89. The van der Waals surface area contributed by atoms with Crippen LogP contribution in [0.2, 0.25) is 0 Å². The van der Waals surface area contributed by atoms with Gasteiger partial charge in [-0.25, -0.2) is 4.79 Å². The van der Waals surface area contributed by atoms with Gasteiger partial charge in [0.15, 0.2) is 11.4 Å². The minimum atomic E-state index is -1.09. The molecule has 3 rings (SSSR count). The van der Waals surface area contributed by atoms with Gasteiger partial charge in [-0.05, 0) is 37.3 Å². The SMILES string of the molecule is CC#Cc1c(ON2NNC=C2C(=O)O)cccc1C1CCC1. The number of carboxylic acid groups (broad SMARTS) is 1. The topological polar surface area (TPSA) is 73.8 Å². The molecule has 6 nitrogen and oxygen atoms in total. The highest BCUT2D eigenvalue weighted by molar-refractivity contribution is 5.85. The molecule has 0 bridgehead atoms. The first kappa shape index (κ1) is 14.3. The van der Waals surface area contributed by atoms with Gasteiger partial charge in [-0.1, -0.05) is 24.5 Å². The first-order valence-electron chi connectivity index (χ1n) is 7.19. The summed E-state index contributed by atoms with van der Waals surface area (Å²) >= 11 is 0. The van der Waals surface area contributed by atoms with Crippen LogP contribution in [0, 0.1) is 11.8 Å². The standard InChI is InChI=1S/C16H17N3O3/c1-2-5-13-12(11-6-3-7-11)8-4-9-15(13)22-19-14(16(20)21)10-17-18-19/h4,8-11,17-18H,3,6-7H2,1H3,(H,20,21). The Labute approximate surface area is 128 Å². The van der Waals surface area contributed by atoms with E-state index in [4.69, 9.17) is 9.94 Å². The summed E-state index contributed by atoms with van der Waals surface area (Å²) in [6.07, 6.45) is 4.87. The largest absolute Gasteiger partial charge is 0.476 e. The number of rotatable bonds is 4. The van der Waals surface area contributed by atoms with Crippen molar-refractivity contribution < 1.29 is 14.7 Å². The van der Waals surface area contributed by atoms with Gasteiger partial charge < -0.3 is 15.4 Å². The second-order valence-electron chi connectivity index (χ2n) is 5.20. The van der Waals surface area contributed by atoms with E-state index in [-0.39, 0.29) is 5.70 Å². The smallest absolute Gasteiger partial charge is 0.358 e. The fourth-order valence-corrected chi connectivity index (χ4v) is 2.54. The van der Waals surface area contributed by atoms with Crippen LogP contribution in [0.3, 0.4) is 0 Å². The third-order valence-corrected chi connectivity index (χ3v) is 3.86. The lowest BCUT2D eigenvalue weighted by molar-refractivity contribution is -0.142. The summed E-state index contributed by atoms with van der Waals surface area (Å²) in [6, 6.07) is 5.78. The highest BCUT2D eigenvalue weighted by Crippen LogP contribution is 2.40. The molecule has 1 aromatic rings. The van der Waals surface area contributed by atoms with E-state index < -0.39 is 5.97 Å². The van der Waals surface area contributed by atoms with Crippen LogP contribution >= 0.6 is 0 Å². The summed E-state index contributed by atoms with van der Waals surface area (Å²) in [5, 5.41) is 10.2. The normalized spacial score (nSPS) is 17.0. The van der Waals surface area contributed by atoms with Crippen LogP contribution < -0.4 is 15.8 Å². The maximum atomic E-state index is 11.1. The molecule has 0 aromatic heterocycles. The van der Waals surface area contributed by atoms with E-state index in [0.717, 1.165) is 23.6 Å². The van der Waals surface area contributed by atoms with Gasteiger partial charge in [0.05, 0.1) is 11.8 Å². The molecule has 0 unspecified atom stereocenters. The summed E-state index contributed by atoms with van der Waals surface area (Å²) in [5.41, 5.74) is 7.20. The van der Waals surface area contributed by atoms with Crippen molar-refractivity contribution in [2.24, 2.45) is 0 Å². The molecule has 114 valence electrons. The van der Waals surface area contributed by atoms with Gasteiger partial charge in [0.1, 0.15) is 0 Å². The van der Waals surface area contributed by atoms with Crippen LogP contribution in [0.25, 0.3) is 0 Å². The molecule has 3 N–H and O–H groups in total. The van der Waals surface area contributed by atoms with Gasteiger partial charge in [0.2, 0.25) is 0 Å².